The topological polar surface area (TPSA) is 105 Å². The van der Waals surface area contributed by atoms with Gasteiger partial charge in [-0.3, -0.25) is 9.52 Å². The maximum absolute atomic E-state index is 12.7. The quantitative estimate of drug-likeness (QED) is 0.711. The normalized spacial score (nSPS) is 12.7. The molecule has 2 aromatic heterocycles. The fraction of sp³-hybridized carbons (Fsp3) is 0.235. The van der Waals surface area contributed by atoms with Crippen molar-refractivity contribution in [1.29, 1.82) is 0 Å². The van der Waals surface area contributed by atoms with Crippen LogP contribution >= 0.6 is 0 Å². The highest BCUT2D eigenvalue weighted by Gasteiger charge is 2.19. The van der Waals surface area contributed by atoms with Crippen LogP contribution in [0.5, 0.6) is 0 Å². The van der Waals surface area contributed by atoms with Gasteiger partial charge in [-0.25, -0.2) is 17.9 Å². The summed E-state index contributed by atoms with van der Waals surface area (Å²) in [6, 6.07) is 8.30. The first-order valence-electron chi connectivity index (χ1n) is 7.93. The molecule has 1 unspecified atom stereocenters. The first-order valence-corrected chi connectivity index (χ1v) is 9.82. The second-order valence-corrected chi connectivity index (χ2v) is 7.80. The number of aromatic nitrogens is 3. The molecule has 0 saturated heterocycles. The Bertz CT molecular complexity index is 1070. The van der Waals surface area contributed by atoms with Crippen LogP contribution in [0.15, 0.2) is 42.7 Å². The average molecular weight is 373 g/mol. The number of para-hydroxylation sites is 1. The van der Waals surface area contributed by atoms with E-state index in [0.29, 0.717) is 22.5 Å². The largest absolute Gasteiger partial charge is 0.345 e. The standard InChI is InChI=1S/C17H19N5O3S/c1-11-8-9-22-16(19-11)14(10-18-22)17(23)20-12(2)13-6-4-5-7-15(13)21-26(3,24)25/h4-10,12,21H,1-3H3,(H,20,23). The number of nitrogens with zero attached hydrogens (tertiary/aromatic N) is 3. The third-order valence-electron chi connectivity index (χ3n) is 3.82. The zero-order valence-corrected chi connectivity index (χ0v) is 15.4. The molecule has 1 aromatic carbocycles. The molecule has 8 nitrogen and oxygen atoms in total. The molecule has 2 N–H and O–H groups in total. The summed E-state index contributed by atoms with van der Waals surface area (Å²) in [5, 5.41) is 7.00. The van der Waals surface area contributed by atoms with Gasteiger partial charge in [0.15, 0.2) is 5.65 Å². The van der Waals surface area contributed by atoms with Gasteiger partial charge in [-0.15, -0.1) is 0 Å². The van der Waals surface area contributed by atoms with Gasteiger partial charge in [0.05, 0.1) is 24.2 Å². The van der Waals surface area contributed by atoms with E-state index in [9.17, 15) is 13.2 Å². The summed E-state index contributed by atoms with van der Waals surface area (Å²) >= 11 is 0. The van der Waals surface area contributed by atoms with E-state index in [1.54, 1.807) is 43.5 Å². The first kappa shape index (κ1) is 17.9. The molecule has 0 saturated carbocycles. The molecule has 9 heteroatoms. The Labute approximate surface area is 151 Å². The molecule has 0 bridgehead atoms. The number of hydrogen-bond donors (Lipinski definition) is 2. The van der Waals surface area contributed by atoms with Crippen LogP contribution in [0.1, 0.15) is 34.6 Å². The molecule has 136 valence electrons. The summed E-state index contributed by atoms with van der Waals surface area (Å²) in [7, 11) is -3.42. The van der Waals surface area contributed by atoms with Crippen molar-refractivity contribution in [3.8, 4) is 0 Å². The summed E-state index contributed by atoms with van der Waals surface area (Å²) in [6.45, 7) is 3.62. The highest BCUT2D eigenvalue weighted by atomic mass is 32.2. The molecule has 2 heterocycles. The smallest absolute Gasteiger partial charge is 0.257 e. The van der Waals surface area contributed by atoms with E-state index in [2.05, 4.69) is 20.1 Å². The zero-order valence-electron chi connectivity index (χ0n) is 14.6. The molecular weight excluding hydrogens is 354 g/mol. The minimum atomic E-state index is -3.42. The minimum absolute atomic E-state index is 0.334. The van der Waals surface area contributed by atoms with Crippen LogP contribution in [-0.2, 0) is 10.0 Å². The number of fused-ring (bicyclic) bond motifs is 1. The Morgan fingerprint density at radius 1 is 1.23 bits per heavy atom. The molecule has 0 aliphatic heterocycles. The maximum atomic E-state index is 12.7. The summed E-state index contributed by atoms with van der Waals surface area (Å²) < 4.78 is 27.1. The number of sulfonamides is 1. The van der Waals surface area contributed by atoms with Crippen molar-refractivity contribution in [2.75, 3.05) is 11.0 Å². The molecule has 0 fully saturated rings. The van der Waals surface area contributed by atoms with Crippen LogP contribution in [0.2, 0.25) is 0 Å². The van der Waals surface area contributed by atoms with Crippen molar-refractivity contribution in [2.24, 2.45) is 0 Å². The minimum Gasteiger partial charge on any atom is -0.345 e. The summed E-state index contributed by atoms with van der Waals surface area (Å²) in [4.78, 5) is 17.0. The van der Waals surface area contributed by atoms with Crippen LogP contribution in [0.4, 0.5) is 5.69 Å². The lowest BCUT2D eigenvalue weighted by Crippen LogP contribution is -2.27. The third-order valence-corrected chi connectivity index (χ3v) is 4.41. The predicted molar refractivity (Wildman–Crippen MR) is 98.5 cm³/mol. The van der Waals surface area contributed by atoms with Crippen LogP contribution < -0.4 is 10.0 Å². The van der Waals surface area contributed by atoms with Crippen LogP contribution in [-0.4, -0.2) is 35.2 Å². The lowest BCUT2D eigenvalue weighted by molar-refractivity contribution is 0.0941. The van der Waals surface area contributed by atoms with E-state index in [4.69, 9.17) is 0 Å². The number of carbonyl (C=O) groups is 1. The summed E-state index contributed by atoms with van der Waals surface area (Å²) in [5.41, 5.74) is 2.69. The SMILES string of the molecule is Cc1ccn2ncc(C(=O)NC(C)c3ccccc3NS(C)(=O)=O)c2n1. The van der Waals surface area contributed by atoms with Crippen molar-refractivity contribution < 1.29 is 13.2 Å². The Morgan fingerprint density at radius 3 is 2.69 bits per heavy atom. The number of amides is 1. The van der Waals surface area contributed by atoms with Gasteiger partial charge in [0.25, 0.3) is 5.91 Å². The molecule has 0 aliphatic carbocycles. The number of carbonyl (C=O) groups excluding carboxylic acids is 1. The molecule has 0 radical (unpaired) electrons. The Morgan fingerprint density at radius 2 is 1.96 bits per heavy atom. The molecule has 1 amide bonds. The van der Waals surface area contributed by atoms with Crippen molar-refractivity contribution in [3.63, 3.8) is 0 Å². The lowest BCUT2D eigenvalue weighted by atomic mass is 10.1. The van der Waals surface area contributed by atoms with Crippen molar-refractivity contribution >= 4 is 27.3 Å². The van der Waals surface area contributed by atoms with Gasteiger partial charge in [-0.1, -0.05) is 18.2 Å². The first-order chi connectivity index (χ1) is 12.2. The van der Waals surface area contributed by atoms with Crippen molar-refractivity contribution in [3.05, 3.63) is 59.5 Å². The van der Waals surface area contributed by atoms with Gasteiger partial charge in [0.2, 0.25) is 10.0 Å². The van der Waals surface area contributed by atoms with E-state index in [-0.39, 0.29) is 5.91 Å². The van der Waals surface area contributed by atoms with E-state index in [0.717, 1.165) is 11.9 Å². The van der Waals surface area contributed by atoms with Crippen LogP contribution in [0.3, 0.4) is 0 Å². The average Bonchev–Trinajstić information content (AvgIpc) is 2.96. The van der Waals surface area contributed by atoms with Crippen LogP contribution in [0.25, 0.3) is 5.65 Å². The number of aryl methyl sites for hydroxylation is 1. The van der Waals surface area contributed by atoms with Gasteiger partial charge in [-0.2, -0.15) is 5.10 Å². The fourth-order valence-electron chi connectivity index (χ4n) is 2.64. The van der Waals surface area contributed by atoms with Crippen molar-refractivity contribution in [2.45, 2.75) is 19.9 Å². The predicted octanol–water partition coefficient (Wildman–Crippen LogP) is 1.90. The Balaban J connectivity index is 1.87. The van der Waals surface area contributed by atoms with E-state index < -0.39 is 16.1 Å². The second-order valence-electron chi connectivity index (χ2n) is 6.05. The zero-order chi connectivity index (χ0) is 18.9. The van der Waals surface area contributed by atoms with Gasteiger partial charge < -0.3 is 5.32 Å². The number of anilines is 1. The second kappa shape index (κ2) is 6.75. The number of nitrogens with one attached hydrogen (secondary N) is 2. The van der Waals surface area contributed by atoms with Gasteiger partial charge in [0, 0.05) is 11.9 Å². The van der Waals surface area contributed by atoms with Crippen molar-refractivity contribution in [1.82, 2.24) is 19.9 Å². The fourth-order valence-corrected chi connectivity index (χ4v) is 3.22. The third kappa shape index (κ3) is 3.83. The van der Waals surface area contributed by atoms with Gasteiger partial charge in [0.1, 0.15) is 5.56 Å². The molecule has 0 spiro atoms. The van der Waals surface area contributed by atoms with Gasteiger partial charge in [-0.05, 0) is 31.5 Å². The van der Waals surface area contributed by atoms with Gasteiger partial charge >= 0.3 is 0 Å². The molecule has 3 aromatic rings. The molecule has 3 rings (SSSR count). The van der Waals surface area contributed by atoms with E-state index >= 15 is 0 Å². The van der Waals surface area contributed by atoms with E-state index in [1.165, 1.54) is 10.7 Å². The molecule has 1 atom stereocenters. The molecule has 0 aliphatic rings. The highest BCUT2D eigenvalue weighted by molar-refractivity contribution is 7.92. The number of hydrogen-bond acceptors (Lipinski definition) is 5. The molecule has 26 heavy (non-hydrogen) atoms. The van der Waals surface area contributed by atoms with Crippen LogP contribution in [0, 0.1) is 6.92 Å². The number of rotatable bonds is 5. The number of benzene rings is 1. The molecular formula is C17H19N5O3S. The van der Waals surface area contributed by atoms with E-state index in [1.807, 2.05) is 6.92 Å². The summed E-state index contributed by atoms with van der Waals surface area (Å²) in [6.07, 6.45) is 4.29. The monoisotopic (exact) mass is 373 g/mol. The maximum Gasteiger partial charge on any atom is 0.257 e. The Kier molecular flexibility index (Phi) is 4.64. The highest BCUT2D eigenvalue weighted by Crippen LogP contribution is 2.24. The lowest BCUT2D eigenvalue weighted by Gasteiger charge is -2.18. The Hall–Kier alpha value is -2.94. The summed E-state index contributed by atoms with van der Waals surface area (Å²) in [5.74, 6) is -0.334.